The van der Waals surface area contributed by atoms with Gasteiger partial charge in [0.15, 0.2) is 0 Å². The van der Waals surface area contributed by atoms with E-state index in [-0.39, 0.29) is 0 Å². The Morgan fingerprint density at radius 2 is 2.00 bits per heavy atom. The first kappa shape index (κ1) is 15.0. The molecule has 3 nitrogen and oxygen atoms in total. The van der Waals surface area contributed by atoms with Gasteiger partial charge in [-0.15, -0.1) is 0 Å². The highest BCUT2D eigenvalue weighted by molar-refractivity contribution is 5.27. The monoisotopic (exact) mass is 287 g/mol. The van der Waals surface area contributed by atoms with Crippen molar-refractivity contribution in [3.63, 3.8) is 0 Å². The third kappa shape index (κ3) is 3.65. The van der Waals surface area contributed by atoms with E-state index in [2.05, 4.69) is 60.4 Å². The van der Waals surface area contributed by atoms with Crippen LogP contribution in [0, 0.1) is 6.92 Å². The number of benzene rings is 1. The normalized spacial score (nSPS) is 31.1. The average molecular weight is 287 g/mol. The van der Waals surface area contributed by atoms with Crippen LogP contribution in [0.1, 0.15) is 29.9 Å². The molecule has 2 aliphatic rings. The van der Waals surface area contributed by atoms with E-state index in [1.165, 1.54) is 43.6 Å². The van der Waals surface area contributed by atoms with Crippen molar-refractivity contribution >= 4 is 0 Å². The second-order valence-corrected chi connectivity index (χ2v) is 7.08. The van der Waals surface area contributed by atoms with Crippen molar-refractivity contribution in [1.29, 1.82) is 0 Å². The van der Waals surface area contributed by atoms with Gasteiger partial charge in [0.1, 0.15) is 0 Å². The Kier molecular flexibility index (Phi) is 4.63. The Morgan fingerprint density at radius 1 is 1.19 bits per heavy atom. The summed E-state index contributed by atoms with van der Waals surface area (Å²) >= 11 is 0. The fourth-order valence-corrected chi connectivity index (χ4v) is 3.61. The second-order valence-electron chi connectivity index (χ2n) is 7.08. The zero-order chi connectivity index (χ0) is 14.8. The summed E-state index contributed by atoms with van der Waals surface area (Å²) in [6.45, 7) is 6.90. The molecular weight excluding hydrogens is 258 g/mol. The van der Waals surface area contributed by atoms with Gasteiger partial charge in [0.05, 0.1) is 0 Å². The minimum absolute atomic E-state index is 0.668. The number of piperazine rings is 1. The summed E-state index contributed by atoms with van der Waals surface area (Å²) in [5.41, 5.74) is 2.92. The van der Waals surface area contributed by atoms with Gasteiger partial charge in [0.25, 0.3) is 0 Å². The molecule has 1 N–H and O–H groups in total. The van der Waals surface area contributed by atoms with E-state index in [0.717, 1.165) is 18.5 Å². The fraction of sp³-hybridized carbons (Fsp3) is 0.667. The lowest BCUT2D eigenvalue weighted by atomic mass is 9.75. The van der Waals surface area contributed by atoms with E-state index >= 15 is 0 Å². The van der Waals surface area contributed by atoms with Crippen LogP contribution in [0.5, 0.6) is 0 Å². The van der Waals surface area contributed by atoms with Crippen LogP contribution in [0.4, 0.5) is 0 Å². The molecule has 1 aliphatic heterocycles. The summed E-state index contributed by atoms with van der Waals surface area (Å²) < 4.78 is 0. The molecule has 1 unspecified atom stereocenters. The molecule has 0 amide bonds. The van der Waals surface area contributed by atoms with Gasteiger partial charge in [0, 0.05) is 38.3 Å². The number of likely N-dealkylation sites (N-methyl/N-ethyl adjacent to an activating group) is 2. The maximum Gasteiger partial charge on any atom is 0.0345 e. The molecule has 1 saturated carbocycles. The van der Waals surface area contributed by atoms with Gasteiger partial charge in [-0.3, -0.25) is 4.90 Å². The summed E-state index contributed by atoms with van der Waals surface area (Å²) in [5.74, 6) is 0.772. The zero-order valence-electron chi connectivity index (χ0n) is 13.7. The van der Waals surface area contributed by atoms with Crippen molar-refractivity contribution in [2.24, 2.45) is 0 Å². The smallest absolute Gasteiger partial charge is 0.0345 e. The molecule has 1 aromatic rings. The number of rotatable bonds is 4. The molecule has 1 aliphatic carbocycles. The summed E-state index contributed by atoms with van der Waals surface area (Å²) in [4.78, 5) is 4.95. The molecule has 0 radical (unpaired) electrons. The molecule has 21 heavy (non-hydrogen) atoms. The van der Waals surface area contributed by atoms with Gasteiger partial charge in [-0.25, -0.2) is 0 Å². The largest absolute Gasteiger partial charge is 0.312 e. The fourth-order valence-electron chi connectivity index (χ4n) is 3.61. The summed E-state index contributed by atoms with van der Waals surface area (Å²) in [5, 5.41) is 3.79. The molecule has 1 aromatic carbocycles. The molecule has 0 bridgehead atoms. The Morgan fingerprint density at radius 3 is 2.76 bits per heavy atom. The van der Waals surface area contributed by atoms with Crippen molar-refractivity contribution < 1.29 is 0 Å². The molecule has 0 aromatic heterocycles. The Labute approximate surface area is 129 Å². The number of aryl methyl sites for hydroxylation is 1. The number of hydrogen-bond donors (Lipinski definition) is 1. The standard InChI is InChI=1S/C18H29N3/c1-14-5-4-6-15(9-14)16-10-17(11-16)19-12-18-13-20(2)7-8-21(18)3/h4-6,9,16-19H,7-8,10-13H2,1-3H3. The van der Waals surface area contributed by atoms with Crippen LogP contribution < -0.4 is 5.32 Å². The molecule has 3 rings (SSSR count). The van der Waals surface area contributed by atoms with Crippen molar-refractivity contribution in [2.45, 2.75) is 37.8 Å². The first-order valence-corrected chi connectivity index (χ1v) is 8.30. The van der Waals surface area contributed by atoms with Crippen molar-refractivity contribution in [3.05, 3.63) is 35.4 Å². The van der Waals surface area contributed by atoms with Crippen LogP contribution in [0.15, 0.2) is 24.3 Å². The van der Waals surface area contributed by atoms with Crippen LogP contribution >= 0.6 is 0 Å². The first-order chi connectivity index (χ1) is 10.1. The Balaban J connectivity index is 1.43. The summed E-state index contributed by atoms with van der Waals surface area (Å²) in [6.07, 6.45) is 2.60. The van der Waals surface area contributed by atoms with Crippen LogP contribution in [-0.2, 0) is 0 Å². The molecule has 1 saturated heterocycles. The predicted octanol–water partition coefficient (Wildman–Crippen LogP) is 2.08. The van der Waals surface area contributed by atoms with E-state index in [0.29, 0.717) is 6.04 Å². The van der Waals surface area contributed by atoms with Crippen molar-refractivity contribution in [1.82, 2.24) is 15.1 Å². The molecule has 1 atom stereocenters. The third-order valence-corrected chi connectivity index (χ3v) is 5.27. The number of nitrogens with one attached hydrogen (secondary N) is 1. The lowest BCUT2D eigenvalue weighted by molar-refractivity contribution is 0.107. The zero-order valence-corrected chi connectivity index (χ0v) is 13.7. The van der Waals surface area contributed by atoms with E-state index in [9.17, 15) is 0 Å². The summed E-state index contributed by atoms with van der Waals surface area (Å²) in [7, 11) is 4.49. The van der Waals surface area contributed by atoms with Gasteiger partial charge in [0.2, 0.25) is 0 Å². The molecule has 1 heterocycles. The maximum absolute atomic E-state index is 3.79. The predicted molar refractivity (Wildman–Crippen MR) is 88.9 cm³/mol. The highest BCUT2D eigenvalue weighted by Gasteiger charge is 2.31. The van der Waals surface area contributed by atoms with Gasteiger partial charge < -0.3 is 10.2 Å². The van der Waals surface area contributed by atoms with Crippen LogP contribution in [0.25, 0.3) is 0 Å². The number of hydrogen-bond acceptors (Lipinski definition) is 3. The molecular formula is C18H29N3. The minimum Gasteiger partial charge on any atom is -0.312 e. The van der Waals surface area contributed by atoms with E-state index in [4.69, 9.17) is 0 Å². The molecule has 0 spiro atoms. The van der Waals surface area contributed by atoms with Gasteiger partial charge >= 0.3 is 0 Å². The SMILES string of the molecule is Cc1cccc(C2CC(NCC3CN(C)CCN3C)C2)c1. The van der Waals surface area contributed by atoms with Gasteiger partial charge in [-0.05, 0) is 45.3 Å². The second kappa shape index (κ2) is 6.47. The summed E-state index contributed by atoms with van der Waals surface area (Å²) in [6, 6.07) is 10.4. The lowest BCUT2D eigenvalue weighted by Crippen LogP contribution is -2.55. The Hall–Kier alpha value is -0.900. The van der Waals surface area contributed by atoms with E-state index in [1.807, 2.05) is 0 Å². The van der Waals surface area contributed by atoms with Crippen LogP contribution in [-0.4, -0.2) is 62.2 Å². The van der Waals surface area contributed by atoms with Crippen LogP contribution in [0.2, 0.25) is 0 Å². The van der Waals surface area contributed by atoms with Gasteiger partial charge in [-0.2, -0.15) is 0 Å². The highest BCUT2D eigenvalue weighted by Crippen LogP contribution is 2.37. The molecule has 2 fully saturated rings. The highest BCUT2D eigenvalue weighted by atomic mass is 15.3. The number of nitrogens with zero attached hydrogens (tertiary/aromatic N) is 2. The molecule has 3 heteroatoms. The van der Waals surface area contributed by atoms with Crippen molar-refractivity contribution in [3.8, 4) is 0 Å². The first-order valence-electron chi connectivity index (χ1n) is 8.30. The third-order valence-electron chi connectivity index (χ3n) is 5.27. The molecule has 116 valence electrons. The van der Waals surface area contributed by atoms with E-state index < -0.39 is 0 Å². The quantitative estimate of drug-likeness (QED) is 0.915. The average Bonchev–Trinajstić information content (AvgIpc) is 2.41. The van der Waals surface area contributed by atoms with E-state index in [1.54, 1.807) is 0 Å². The minimum atomic E-state index is 0.668. The Bertz CT molecular complexity index is 467. The van der Waals surface area contributed by atoms with Crippen molar-refractivity contribution in [2.75, 3.05) is 40.3 Å². The maximum atomic E-state index is 3.79. The van der Waals surface area contributed by atoms with Gasteiger partial charge in [-0.1, -0.05) is 29.8 Å². The van der Waals surface area contributed by atoms with Crippen LogP contribution in [0.3, 0.4) is 0 Å². The topological polar surface area (TPSA) is 18.5 Å². The lowest BCUT2D eigenvalue weighted by Gasteiger charge is -2.41.